The van der Waals surface area contributed by atoms with Gasteiger partial charge in [-0.3, -0.25) is 9.59 Å². The summed E-state index contributed by atoms with van der Waals surface area (Å²) in [7, 11) is 4.03. The largest absolute Gasteiger partial charge is 0.377 e. The lowest BCUT2D eigenvalue weighted by molar-refractivity contribution is -0.109. The van der Waals surface area contributed by atoms with Gasteiger partial charge in [0.05, 0.1) is 6.61 Å². The molecular weight excluding hydrogens is 258 g/mol. The van der Waals surface area contributed by atoms with Gasteiger partial charge in [0.1, 0.15) is 0 Å². The number of nitrogens with zero attached hydrogens (tertiary/aromatic N) is 1. The van der Waals surface area contributed by atoms with E-state index in [1.807, 2.05) is 27.1 Å². The van der Waals surface area contributed by atoms with Crippen LogP contribution in [0.1, 0.15) is 23.2 Å². The molecule has 0 saturated heterocycles. The van der Waals surface area contributed by atoms with Crippen molar-refractivity contribution in [1.82, 2.24) is 15.2 Å². The van der Waals surface area contributed by atoms with E-state index in [9.17, 15) is 9.59 Å². The zero-order valence-corrected chi connectivity index (χ0v) is 12.4. The molecule has 0 fully saturated rings. The first kappa shape index (κ1) is 16.4. The Bertz CT molecular complexity index is 483. The summed E-state index contributed by atoms with van der Waals surface area (Å²) in [5.41, 5.74) is 1.99. The molecule has 0 unspecified atom stereocenters. The van der Waals surface area contributed by atoms with Gasteiger partial charge in [-0.15, -0.1) is 0 Å². The zero-order valence-electron chi connectivity index (χ0n) is 12.4. The lowest BCUT2D eigenvalue weighted by Crippen LogP contribution is -2.23. The van der Waals surface area contributed by atoms with Gasteiger partial charge in [0, 0.05) is 24.4 Å². The maximum atomic E-state index is 11.9. The summed E-state index contributed by atoms with van der Waals surface area (Å²) >= 11 is 0. The van der Waals surface area contributed by atoms with E-state index in [2.05, 4.69) is 15.2 Å². The van der Waals surface area contributed by atoms with Crippen molar-refractivity contribution in [3.8, 4) is 0 Å². The molecule has 0 bridgehead atoms. The van der Waals surface area contributed by atoms with Crippen LogP contribution in [0.2, 0.25) is 0 Å². The molecule has 1 aromatic heterocycles. The summed E-state index contributed by atoms with van der Waals surface area (Å²) in [6.45, 7) is 4.04. The third-order valence-corrected chi connectivity index (χ3v) is 2.88. The van der Waals surface area contributed by atoms with Gasteiger partial charge in [0.25, 0.3) is 5.56 Å². The number of hydrogen-bond donors (Lipinski definition) is 2. The van der Waals surface area contributed by atoms with E-state index in [0.717, 1.165) is 24.2 Å². The molecular formula is C14H23N3O3. The van der Waals surface area contributed by atoms with Gasteiger partial charge in [0.15, 0.2) is 0 Å². The molecule has 0 atom stereocenters. The van der Waals surface area contributed by atoms with E-state index in [-0.39, 0.29) is 12.1 Å². The first-order chi connectivity index (χ1) is 9.54. The molecule has 0 aromatic carbocycles. The molecule has 6 heteroatoms. The summed E-state index contributed by atoms with van der Waals surface area (Å²) in [4.78, 5) is 27.1. The number of amides is 1. The van der Waals surface area contributed by atoms with Crippen LogP contribution in [0.15, 0.2) is 10.9 Å². The highest BCUT2D eigenvalue weighted by Crippen LogP contribution is 2.07. The average Bonchev–Trinajstić information content (AvgIpc) is 2.36. The molecule has 6 nitrogen and oxygen atoms in total. The van der Waals surface area contributed by atoms with Gasteiger partial charge in [0.2, 0.25) is 6.41 Å². The molecule has 1 aromatic rings. The number of H-pyrrole nitrogens is 1. The minimum atomic E-state index is -0.175. The van der Waals surface area contributed by atoms with Crippen molar-refractivity contribution >= 4 is 6.41 Å². The second-order valence-corrected chi connectivity index (χ2v) is 4.99. The summed E-state index contributed by atoms with van der Waals surface area (Å²) < 4.78 is 5.61. The summed E-state index contributed by atoms with van der Waals surface area (Å²) in [5.74, 6) is 0. The average molecular weight is 281 g/mol. The van der Waals surface area contributed by atoms with Crippen molar-refractivity contribution in [3.63, 3.8) is 0 Å². The smallest absolute Gasteiger partial charge is 0.253 e. The first-order valence-electron chi connectivity index (χ1n) is 6.65. The van der Waals surface area contributed by atoms with Crippen LogP contribution in [-0.4, -0.2) is 43.5 Å². The van der Waals surface area contributed by atoms with Gasteiger partial charge in [-0.05, 0) is 45.6 Å². The zero-order chi connectivity index (χ0) is 15.0. The SMILES string of the molecule is Cc1cc(COCCCN(C)C)c(CNC=O)c(=O)[nH]1. The topological polar surface area (TPSA) is 74.4 Å². The predicted octanol–water partition coefficient (Wildman–Crippen LogP) is 0.398. The standard InChI is InChI=1S/C14H23N3O3/c1-11-7-12(9-20-6-4-5-17(2)3)13(8-15-10-18)14(19)16-11/h7,10H,4-6,8-9H2,1-3H3,(H,15,18)(H,16,19). The summed E-state index contributed by atoms with van der Waals surface area (Å²) in [6, 6.07) is 1.88. The van der Waals surface area contributed by atoms with Gasteiger partial charge in [-0.2, -0.15) is 0 Å². The van der Waals surface area contributed by atoms with Crippen LogP contribution < -0.4 is 10.9 Å². The maximum absolute atomic E-state index is 11.9. The predicted molar refractivity (Wildman–Crippen MR) is 77.5 cm³/mol. The van der Waals surface area contributed by atoms with Gasteiger partial charge in [-0.1, -0.05) is 0 Å². The van der Waals surface area contributed by atoms with Crippen molar-refractivity contribution in [2.75, 3.05) is 27.2 Å². The fourth-order valence-corrected chi connectivity index (χ4v) is 1.92. The molecule has 2 N–H and O–H groups in total. The van der Waals surface area contributed by atoms with Crippen molar-refractivity contribution in [3.05, 3.63) is 33.2 Å². The molecule has 0 radical (unpaired) electrons. The number of carbonyl (C=O) groups excluding carboxylic acids is 1. The number of ether oxygens (including phenoxy) is 1. The Morgan fingerprint density at radius 1 is 1.45 bits per heavy atom. The molecule has 20 heavy (non-hydrogen) atoms. The molecule has 1 amide bonds. The molecule has 0 aliphatic carbocycles. The molecule has 0 spiro atoms. The van der Waals surface area contributed by atoms with Crippen LogP contribution in [0, 0.1) is 6.92 Å². The molecule has 0 saturated carbocycles. The van der Waals surface area contributed by atoms with E-state index in [0.29, 0.717) is 25.2 Å². The first-order valence-corrected chi connectivity index (χ1v) is 6.65. The normalized spacial score (nSPS) is 10.8. The van der Waals surface area contributed by atoms with Crippen molar-refractivity contribution < 1.29 is 9.53 Å². The van der Waals surface area contributed by atoms with Gasteiger partial charge >= 0.3 is 0 Å². The Morgan fingerprint density at radius 3 is 2.85 bits per heavy atom. The monoisotopic (exact) mass is 281 g/mol. The summed E-state index contributed by atoms with van der Waals surface area (Å²) in [5, 5.41) is 2.52. The lowest BCUT2D eigenvalue weighted by atomic mass is 10.1. The number of rotatable bonds is 9. The number of carbonyl (C=O) groups is 1. The molecule has 112 valence electrons. The quantitative estimate of drug-likeness (QED) is 0.507. The number of aromatic amines is 1. The lowest BCUT2D eigenvalue weighted by Gasteiger charge is -2.12. The second-order valence-electron chi connectivity index (χ2n) is 4.99. The Labute approximate surface area is 119 Å². The third-order valence-electron chi connectivity index (χ3n) is 2.88. The maximum Gasteiger partial charge on any atom is 0.253 e. The number of nitrogens with one attached hydrogen (secondary N) is 2. The number of aryl methyl sites for hydroxylation is 1. The number of pyridine rings is 1. The molecule has 1 rings (SSSR count). The Morgan fingerprint density at radius 2 is 2.20 bits per heavy atom. The van der Waals surface area contributed by atoms with Crippen molar-refractivity contribution in [2.45, 2.75) is 26.5 Å². The fourth-order valence-electron chi connectivity index (χ4n) is 1.92. The Hall–Kier alpha value is -1.66. The Balaban J connectivity index is 2.62. The van der Waals surface area contributed by atoms with Crippen LogP contribution in [0.4, 0.5) is 0 Å². The van der Waals surface area contributed by atoms with E-state index in [1.54, 1.807) is 0 Å². The van der Waals surface area contributed by atoms with E-state index < -0.39 is 0 Å². The minimum Gasteiger partial charge on any atom is -0.377 e. The van der Waals surface area contributed by atoms with Crippen molar-refractivity contribution in [2.24, 2.45) is 0 Å². The fraction of sp³-hybridized carbons (Fsp3) is 0.571. The third kappa shape index (κ3) is 5.54. The second kappa shape index (κ2) is 8.50. The van der Waals surface area contributed by atoms with Gasteiger partial charge in [-0.25, -0.2) is 0 Å². The van der Waals surface area contributed by atoms with Crippen LogP contribution in [-0.2, 0) is 22.7 Å². The van der Waals surface area contributed by atoms with E-state index in [1.165, 1.54) is 0 Å². The van der Waals surface area contributed by atoms with Crippen LogP contribution in [0.25, 0.3) is 0 Å². The highest BCUT2D eigenvalue weighted by atomic mass is 16.5. The molecule has 0 aliphatic heterocycles. The summed E-state index contributed by atoms with van der Waals surface area (Å²) in [6.07, 6.45) is 1.53. The van der Waals surface area contributed by atoms with E-state index in [4.69, 9.17) is 4.74 Å². The minimum absolute atomic E-state index is 0.175. The van der Waals surface area contributed by atoms with Crippen LogP contribution >= 0.6 is 0 Å². The Kier molecular flexibility index (Phi) is 6.97. The van der Waals surface area contributed by atoms with Crippen molar-refractivity contribution in [1.29, 1.82) is 0 Å². The molecule has 0 aliphatic rings. The van der Waals surface area contributed by atoms with E-state index >= 15 is 0 Å². The number of aromatic nitrogens is 1. The molecule has 1 heterocycles. The van der Waals surface area contributed by atoms with Crippen LogP contribution in [0.3, 0.4) is 0 Å². The van der Waals surface area contributed by atoms with Crippen LogP contribution in [0.5, 0.6) is 0 Å². The van der Waals surface area contributed by atoms with Gasteiger partial charge < -0.3 is 19.9 Å². The highest BCUT2D eigenvalue weighted by Gasteiger charge is 2.08. The highest BCUT2D eigenvalue weighted by molar-refractivity contribution is 5.46. The number of hydrogen-bond acceptors (Lipinski definition) is 4.